The largest absolute Gasteiger partial charge is 0.493 e. The van der Waals surface area contributed by atoms with E-state index in [1.165, 1.54) is 19.2 Å². The fraction of sp³-hybridized carbons (Fsp3) is 0.174. The molecule has 1 aliphatic rings. The highest BCUT2D eigenvalue weighted by Crippen LogP contribution is 2.33. The second-order valence-corrected chi connectivity index (χ2v) is 7.16. The van der Waals surface area contributed by atoms with Gasteiger partial charge in [0, 0.05) is 28.5 Å². The van der Waals surface area contributed by atoms with Crippen molar-refractivity contribution in [2.24, 2.45) is 5.92 Å². The van der Waals surface area contributed by atoms with Crippen molar-refractivity contribution in [1.29, 1.82) is 0 Å². The van der Waals surface area contributed by atoms with Crippen molar-refractivity contribution >= 4 is 27.9 Å². The predicted molar refractivity (Wildman–Crippen MR) is 109 cm³/mol. The van der Waals surface area contributed by atoms with Crippen LogP contribution in [0.25, 0.3) is 33.1 Å². The van der Waals surface area contributed by atoms with E-state index in [4.69, 9.17) is 18.3 Å². The summed E-state index contributed by atoms with van der Waals surface area (Å²) in [5.41, 5.74) is -0.105. The average molecular weight is 404 g/mol. The first kappa shape index (κ1) is 18.2. The first-order chi connectivity index (χ1) is 14.5. The molecule has 0 aliphatic heterocycles. The van der Waals surface area contributed by atoms with Gasteiger partial charge in [0.15, 0.2) is 11.3 Å². The van der Waals surface area contributed by atoms with Crippen molar-refractivity contribution in [2.75, 3.05) is 7.11 Å². The lowest BCUT2D eigenvalue weighted by Crippen LogP contribution is -2.10. The quantitative estimate of drug-likeness (QED) is 0.289. The summed E-state index contributed by atoms with van der Waals surface area (Å²) < 4.78 is 21.4. The number of esters is 1. The summed E-state index contributed by atoms with van der Waals surface area (Å²) in [4.78, 5) is 36.8. The van der Waals surface area contributed by atoms with Gasteiger partial charge in [-0.1, -0.05) is 12.1 Å². The minimum Gasteiger partial charge on any atom is -0.493 e. The molecule has 2 aromatic carbocycles. The molecule has 0 spiro atoms. The molecule has 4 aromatic rings. The van der Waals surface area contributed by atoms with Gasteiger partial charge in [-0.2, -0.15) is 0 Å². The third kappa shape index (κ3) is 3.14. The number of benzene rings is 2. The third-order valence-electron chi connectivity index (χ3n) is 5.08. The normalized spacial score (nSPS) is 13.5. The summed E-state index contributed by atoms with van der Waals surface area (Å²) >= 11 is 0. The number of hydrogen-bond acceptors (Lipinski definition) is 7. The molecule has 0 unspecified atom stereocenters. The molecule has 2 heterocycles. The average Bonchev–Trinajstić information content (AvgIpc) is 3.57. The second-order valence-electron chi connectivity index (χ2n) is 7.16. The Kier molecular flexibility index (Phi) is 4.17. The Morgan fingerprint density at radius 1 is 1.00 bits per heavy atom. The minimum absolute atomic E-state index is 0.0572. The van der Waals surface area contributed by atoms with E-state index in [9.17, 15) is 14.4 Å². The molecule has 0 radical (unpaired) electrons. The molecule has 7 heteroatoms. The number of hydrogen-bond donors (Lipinski definition) is 0. The van der Waals surface area contributed by atoms with Gasteiger partial charge in [0.1, 0.15) is 11.3 Å². The van der Waals surface area contributed by atoms with Gasteiger partial charge in [-0.25, -0.2) is 9.59 Å². The Labute approximate surface area is 169 Å². The molecule has 0 N–H and O–H groups in total. The van der Waals surface area contributed by atoms with Gasteiger partial charge in [-0.15, -0.1) is 0 Å². The van der Waals surface area contributed by atoms with Gasteiger partial charge >= 0.3 is 17.2 Å². The van der Waals surface area contributed by atoms with E-state index in [1.54, 1.807) is 36.4 Å². The molecular formula is C23H16O7. The van der Waals surface area contributed by atoms with Crippen LogP contribution in [0.1, 0.15) is 12.8 Å². The lowest BCUT2D eigenvalue weighted by Gasteiger charge is -2.09. The number of fused-ring (bicyclic) bond motifs is 2. The molecule has 1 saturated carbocycles. The summed E-state index contributed by atoms with van der Waals surface area (Å²) in [6.07, 6.45) is 1.66. The Hall–Kier alpha value is -3.87. The topological polar surface area (TPSA) is 96.0 Å². The van der Waals surface area contributed by atoms with Crippen LogP contribution in [0.3, 0.4) is 0 Å². The molecule has 0 saturated heterocycles. The number of para-hydroxylation sites is 1. The summed E-state index contributed by atoms with van der Waals surface area (Å²) in [6, 6.07) is 12.9. The van der Waals surface area contributed by atoms with Gasteiger partial charge in [-0.3, -0.25) is 4.79 Å². The molecule has 5 rings (SSSR count). The van der Waals surface area contributed by atoms with E-state index in [-0.39, 0.29) is 28.8 Å². The number of methoxy groups -OCH3 is 1. The second kappa shape index (κ2) is 6.88. The molecule has 0 amide bonds. The number of carbonyl (C=O) groups excluding carboxylic acids is 1. The van der Waals surface area contributed by atoms with Crippen LogP contribution >= 0.6 is 0 Å². The fourth-order valence-corrected chi connectivity index (χ4v) is 3.41. The molecular weight excluding hydrogens is 388 g/mol. The van der Waals surface area contributed by atoms with Crippen LogP contribution in [-0.4, -0.2) is 13.1 Å². The molecule has 30 heavy (non-hydrogen) atoms. The van der Waals surface area contributed by atoms with E-state index in [1.807, 2.05) is 0 Å². The standard InChI is InChI=1S/C23H16O7/c1-27-18-4-2-3-13-9-17(23(26)30-21(13)18)16-11-20(24)29-19-10-14(7-8-15(16)19)28-22(25)12-5-6-12/h2-4,7-12H,5-6H2,1H3. The van der Waals surface area contributed by atoms with Crippen LogP contribution in [0.15, 0.2) is 67.0 Å². The molecule has 7 nitrogen and oxygen atoms in total. The summed E-state index contributed by atoms with van der Waals surface area (Å²) in [7, 11) is 1.49. The highest BCUT2D eigenvalue weighted by molar-refractivity contribution is 5.96. The van der Waals surface area contributed by atoms with E-state index in [0.717, 1.165) is 12.8 Å². The smallest absolute Gasteiger partial charge is 0.344 e. The van der Waals surface area contributed by atoms with E-state index in [2.05, 4.69) is 0 Å². The number of rotatable bonds is 4. The van der Waals surface area contributed by atoms with Crippen molar-refractivity contribution < 1.29 is 23.1 Å². The minimum atomic E-state index is -0.631. The molecule has 1 fully saturated rings. The third-order valence-corrected chi connectivity index (χ3v) is 5.08. The first-order valence-corrected chi connectivity index (χ1v) is 9.44. The zero-order valence-electron chi connectivity index (χ0n) is 16.0. The van der Waals surface area contributed by atoms with Crippen molar-refractivity contribution in [3.05, 3.63) is 69.4 Å². The number of ether oxygens (including phenoxy) is 2. The zero-order chi connectivity index (χ0) is 20.8. The van der Waals surface area contributed by atoms with Gasteiger partial charge in [0.25, 0.3) is 0 Å². The van der Waals surface area contributed by atoms with Crippen LogP contribution in [0, 0.1) is 5.92 Å². The Morgan fingerprint density at radius 2 is 1.83 bits per heavy atom. The highest BCUT2D eigenvalue weighted by Gasteiger charge is 2.31. The van der Waals surface area contributed by atoms with Gasteiger partial charge in [0.05, 0.1) is 18.6 Å². The fourth-order valence-electron chi connectivity index (χ4n) is 3.41. The van der Waals surface area contributed by atoms with Crippen LogP contribution in [-0.2, 0) is 4.79 Å². The molecule has 1 aliphatic carbocycles. The summed E-state index contributed by atoms with van der Waals surface area (Å²) in [6.45, 7) is 0. The lowest BCUT2D eigenvalue weighted by atomic mass is 10.0. The van der Waals surface area contributed by atoms with E-state index < -0.39 is 11.3 Å². The molecule has 2 aromatic heterocycles. The van der Waals surface area contributed by atoms with E-state index >= 15 is 0 Å². The number of carbonyl (C=O) groups is 1. The maximum atomic E-state index is 12.7. The SMILES string of the molecule is COc1cccc2cc(-c3cc(=O)oc4cc(OC(=O)C5CC5)ccc34)c(=O)oc12. The highest BCUT2D eigenvalue weighted by atomic mass is 16.5. The Bertz CT molecular complexity index is 1420. The van der Waals surface area contributed by atoms with Crippen molar-refractivity contribution in [3.8, 4) is 22.6 Å². The van der Waals surface area contributed by atoms with Crippen molar-refractivity contribution in [1.82, 2.24) is 0 Å². The molecule has 0 bridgehead atoms. The summed E-state index contributed by atoms with van der Waals surface area (Å²) in [5, 5.41) is 1.18. The van der Waals surface area contributed by atoms with Crippen LogP contribution in [0.2, 0.25) is 0 Å². The molecule has 150 valence electrons. The van der Waals surface area contributed by atoms with Gasteiger partial charge in [0.2, 0.25) is 0 Å². The summed E-state index contributed by atoms with van der Waals surface area (Å²) in [5.74, 6) is 0.376. The van der Waals surface area contributed by atoms with Gasteiger partial charge < -0.3 is 18.3 Å². The predicted octanol–water partition coefficient (Wildman–Crippen LogP) is 3.89. The van der Waals surface area contributed by atoms with Gasteiger partial charge in [-0.05, 0) is 37.1 Å². The molecule has 0 atom stereocenters. The monoisotopic (exact) mass is 404 g/mol. The van der Waals surface area contributed by atoms with Crippen LogP contribution in [0.5, 0.6) is 11.5 Å². The maximum Gasteiger partial charge on any atom is 0.344 e. The van der Waals surface area contributed by atoms with E-state index in [0.29, 0.717) is 27.7 Å². The van der Waals surface area contributed by atoms with Crippen LogP contribution < -0.4 is 20.7 Å². The lowest BCUT2D eigenvalue weighted by molar-refractivity contribution is -0.135. The Morgan fingerprint density at radius 3 is 2.60 bits per heavy atom. The maximum absolute atomic E-state index is 12.7. The zero-order valence-corrected chi connectivity index (χ0v) is 16.0. The van der Waals surface area contributed by atoms with Crippen LogP contribution in [0.4, 0.5) is 0 Å². The van der Waals surface area contributed by atoms with Crippen molar-refractivity contribution in [2.45, 2.75) is 12.8 Å². The Balaban J connectivity index is 1.67. The van der Waals surface area contributed by atoms with Crippen molar-refractivity contribution in [3.63, 3.8) is 0 Å². The first-order valence-electron chi connectivity index (χ1n) is 9.44.